The molecule has 0 saturated carbocycles. The summed E-state index contributed by atoms with van der Waals surface area (Å²) in [6, 6.07) is 8.77. The second kappa shape index (κ2) is 11.5. The first-order chi connectivity index (χ1) is 19.6. The Hall–Kier alpha value is -4.52. The summed E-state index contributed by atoms with van der Waals surface area (Å²) in [4.78, 5) is 34.2. The van der Waals surface area contributed by atoms with Crippen LogP contribution >= 0.6 is 0 Å². The number of hydrogen-bond donors (Lipinski definition) is 2. The van der Waals surface area contributed by atoms with Crippen LogP contribution in [0.25, 0.3) is 11.0 Å². The number of aromatic nitrogens is 4. The first-order valence-corrected chi connectivity index (χ1v) is 13.0. The van der Waals surface area contributed by atoms with Gasteiger partial charge in [-0.1, -0.05) is 13.0 Å². The van der Waals surface area contributed by atoms with Crippen molar-refractivity contribution in [3.05, 3.63) is 65.6 Å². The van der Waals surface area contributed by atoms with E-state index in [-0.39, 0.29) is 17.3 Å². The van der Waals surface area contributed by atoms with Crippen molar-refractivity contribution in [2.75, 3.05) is 55.4 Å². The van der Waals surface area contributed by atoms with E-state index >= 15 is 0 Å². The van der Waals surface area contributed by atoms with Crippen LogP contribution in [0.2, 0.25) is 0 Å². The molecule has 0 spiro atoms. The number of piperazine rings is 1. The van der Waals surface area contributed by atoms with Crippen LogP contribution in [0, 0.1) is 6.92 Å². The Labute approximate surface area is 234 Å². The summed E-state index contributed by atoms with van der Waals surface area (Å²) in [6.07, 6.45) is -1.69. The van der Waals surface area contributed by atoms with Gasteiger partial charge >= 0.3 is 12.2 Å². The smallest absolute Gasteiger partial charge is 0.416 e. The number of anilines is 4. The summed E-state index contributed by atoms with van der Waals surface area (Å²) in [6.45, 7) is 7.51. The fraction of sp³-hybridized carbons (Fsp3) is 0.321. The second-order valence-corrected chi connectivity index (χ2v) is 9.61. The van der Waals surface area contributed by atoms with Crippen LogP contribution in [0.4, 0.5) is 36.1 Å². The monoisotopic (exact) mass is 566 g/mol. The number of aryl methyl sites for hydroxylation is 1. The highest BCUT2D eigenvalue weighted by Gasteiger charge is 2.32. The van der Waals surface area contributed by atoms with Gasteiger partial charge in [-0.05, 0) is 49.4 Å². The highest BCUT2D eigenvalue weighted by molar-refractivity contribution is 6.05. The molecule has 0 radical (unpaired) electrons. The predicted molar refractivity (Wildman–Crippen MR) is 150 cm³/mol. The number of halogens is 3. The zero-order valence-electron chi connectivity index (χ0n) is 22.8. The summed E-state index contributed by atoms with van der Waals surface area (Å²) in [5, 5.41) is 5.84. The van der Waals surface area contributed by atoms with Crippen molar-refractivity contribution >= 4 is 39.8 Å². The van der Waals surface area contributed by atoms with Gasteiger partial charge in [-0.15, -0.1) is 0 Å². The zero-order valence-corrected chi connectivity index (χ0v) is 22.8. The van der Waals surface area contributed by atoms with Gasteiger partial charge in [0.25, 0.3) is 5.91 Å². The third kappa shape index (κ3) is 6.30. The van der Waals surface area contributed by atoms with Gasteiger partial charge < -0.3 is 25.2 Å². The molecule has 0 aliphatic carbocycles. The van der Waals surface area contributed by atoms with Crippen molar-refractivity contribution in [2.24, 2.45) is 0 Å². The van der Waals surface area contributed by atoms with Crippen molar-refractivity contribution in [2.45, 2.75) is 20.0 Å². The predicted octanol–water partition coefficient (Wildman–Crippen LogP) is 4.89. The second-order valence-electron chi connectivity index (χ2n) is 9.61. The Kier molecular flexibility index (Phi) is 7.88. The topological polar surface area (TPSA) is 108 Å². The Morgan fingerprint density at radius 3 is 2.54 bits per heavy atom. The Balaban J connectivity index is 1.41. The van der Waals surface area contributed by atoms with E-state index in [9.17, 15) is 18.0 Å². The molecule has 13 heteroatoms. The van der Waals surface area contributed by atoms with Crippen LogP contribution in [-0.4, -0.2) is 70.6 Å². The SMILES string of the molecule is CCN1CCN(c2cc(NC(=O)c3ccc(C)c(Nc4ncnc5cnc(OC)nc45)c3)cc(C(F)(F)F)c2)CC1. The Morgan fingerprint density at radius 2 is 1.83 bits per heavy atom. The van der Waals surface area contributed by atoms with Crippen molar-refractivity contribution in [3.63, 3.8) is 0 Å². The number of nitrogens with one attached hydrogen (secondary N) is 2. The number of likely N-dealkylation sites (N-methyl/N-ethyl adjacent to an activating group) is 1. The number of hydrogen-bond acceptors (Lipinski definition) is 9. The van der Waals surface area contributed by atoms with Gasteiger partial charge in [0.1, 0.15) is 17.4 Å². The highest BCUT2D eigenvalue weighted by atomic mass is 19.4. The lowest BCUT2D eigenvalue weighted by atomic mass is 10.1. The van der Waals surface area contributed by atoms with Gasteiger partial charge in [-0.3, -0.25) is 4.79 Å². The molecular formula is C28H29F3N8O2. The molecule has 5 rings (SSSR count). The molecule has 214 valence electrons. The van der Waals surface area contributed by atoms with Crippen LogP contribution < -0.4 is 20.3 Å². The van der Waals surface area contributed by atoms with E-state index in [4.69, 9.17) is 4.74 Å². The molecule has 0 atom stereocenters. The molecule has 1 amide bonds. The van der Waals surface area contributed by atoms with E-state index in [1.54, 1.807) is 24.3 Å². The van der Waals surface area contributed by atoms with Gasteiger partial charge in [0.05, 0.1) is 18.9 Å². The fourth-order valence-electron chi connectivity index (χ4n) is 4.61. The van der Waals surface area contributed by atoms with E-state index in [0.29, 0.717) is 41.3 Å². The van der Waals surface area contributed by atoms with Crippen LogP contribution in [-0.2, 0) is 6.18 Å². The van der Waals surface area contributed by atoms with Gasteiger partial charge in [0, 0.05) is 48.8 Å². The first kappa shape index (κ1) is 28.0. The molecule has 41 heavy (non-hydrogen) atoms. The molecule has 2 aromatic carbocycles. The number of nitrogens with zero attached hydrogens (tertiary/aromatic N) is 6. The number of rotatable bonds is 7. The standard InChI is InChI=1S/C28H29F3N8O2/c1-4-38-7-9-39(10-8-38)21-13-19(28(29,30)31)12-20(14-21)35-26(40)18-6-5-17(2)22(11-18)36-25-24-23(33-16-34-25)15-32-27(37-24)41-3/h5-6,11-16H,4,7-10H2,1-3H3,(H,35,40)(H,33,34,36). The fourth-order valence-corrected chi connectivity index (χ4v) is 4.61. The summed E-state index contributed by atoms with van der Waals surface area (Å²) >= 11 is 0. The van der Waals surface area contributed by atoms with Crippen molar-refractivity contribution in [1.82, 2.24) is 24.8 Å². The summed E-state index contributed by atoms with van der Waals surface area (Å²) in [7, 11) is 1.45. The van der Waals surface area contributed by atoms with E-state index in [1.165, 1.54) is 19.6 Å². The molecule has 0 unspecified atom stereocenters. The lowest BCUT2D eigenvalue weighted by molar-refractivity contribution is -0.137. The minimum atomic E-state index is -4.56. The van der Waals surface area contributed by atoms with Crippen molar-refractivity contribution < 1.29 is 22.7 Å². The lowest BCUT2D eigenvalue weighted by Crippen LogP contribution is -2.46. The highest BCUT2D eigenvalue weighted by Crippen LogP contribution is 2.35. The third-order valence-electron chi connectivity index (χ3n) is 6.98. The van der Waals surface area contributed by atoms with Crippen LogP contribution in [0.15, 0.2) is 48.9 Å². The first-order valence-electron chi connectivity index (χ1n) is 13.0. The number of methoxy groups -OCH3 is 1. The lowest BCUT2D eigenvalue weighted by Gasteiger charge is -2.36. The van der Waals surface area contributed by atoms with E-state index in [2.05, 4.69) is 42.4 Å². The zero-order chi connectivity index (χ0) is 29.1. The number of amides is 1. The largest absolute Gasteiger partial charge is 0.467 e. The van der Waals surface area contributed by atoms with Gasteiger partial charge in [0.15, 0.2) is 5.82 Å². The molecule has 10 nitrogen and oxygen atoms in total. The molecule has 0 bridgehead atoms. The van der Waals surface area contributed by atoms with E-state index in [0.717, 1.165) is 37.3 Å². The van der Waals surface area contributed by atoms with Gasteiger partial charge in [-0.2, -0.15) is 18.2 Å². The minimum Gasteiger partial charge on any atom is -0.467 e. The number of fused-ring (bicyclic) bond motifs is 1. The normalized spacial score (nSPS) is 14.2. The van der Waals surface area contributed by atoms with Gasteiger partial charge in [0.2, 0.25) is 0 Å². The molecule has 1 saturated heterocycles. The van der Waals surface area contributed by atoms with Gasteiger partial charge in [-0.25, -0.2) is 15.0 Å². The summed E-state index contributed by atoms with van der Waals surface area (Å²) in [5.74, 6) is -0.173. The van der Waals surface area contributed by atoms with Crippen molar-refractivity contribution in [3.8, 4) is 6.01 Å². The average Bonchev–Trinajstić information content (AvgIpc) is 2.97. The molecule has 2 aromatic heterocycles. The number of ether oxygens (including phenoxy) is 1. The quantitative estimate of drug-likeness (QED) is 0.323. The van der Waals surface area contributed by atoms with Crippen LogP contribution in [0.5, 0.6) is 6.01 Å². The van der Waals surface area contributed by atoms with E-state index < -0.39 is 17.6 Å². The minimum absolute atomic E-state index is 0.0680. The van der Waals surface area contributed by atoms with E-state index in [1.807, 2.05) is 11.8 Å². The molecule has 3 heterocycles. The molecule has 4 aromatic rings. The average molecular weight is 567 g/mol. The maximum atomic E-state index is 13.8. The third-order valence-corrected chi connectivity index (χ3v) is 6.98. The van der Waals surface area contributed by atoms with Crippen LogP contribution in [0.3, 0.4) is 0 Å². The Morgan fingerprint density at radius 1 is 1.05 bits per heavy atom. The number of alkyl halides is 3. The van der Waals surface area contributed by atoms with Crippen molar-refractivity contribution in [1.29, 1.82) is 0 Å². The molecule has 1 fully saturated rings. The summed E-state index contributed by atoms with van der Waals surface area (Å²) in [5.41, 5.74) is 2.21. The molecule has 1 aliphatic rings. The molecular weight excluding hydrogens is 537 g/mol. The number of carbonyl (C=O) groups excluding carboxylic acids is 1. The Bertz CT molecular complexity index is 1570. The number of carbonyl (C=O) groups is 1. The number of benzene rings is 2. The maximum absolute atomic E-state index is 13.8. The maximum Gasteiger partial charge on any atom is 0.416 e. The molecule has 2 N–H and O–H groups in total. The summed E-state index contributed by atoms with van der Waals surface area (Å²) < 4.78 is 46.5. The molecule has 1 aliphatic heterocycles. The van der Waals surface area contributed by atoms with Crippen LogP contribution in [0.1, 0.15) is 28.4 Å².